The Morgan fingerprint density at radius 2 is 1.85 bits per heavy atom. The number of rotatable bonds is 6. The summed E-state index contributed by atoms with van der Waals surface area (Å²) in [6, 6.07) is 12.0. The van der Waals surface area contributed by atoms with Gasteiger partial charge in [-0.25, -0.2) is 0 Å². The maximum Gasteiger partial charge on any atom is 0.248 e. The number of nitrogens with one attached hydrogen (secondary N) is 2. The van der Waals surface area contributed by atoms with E-state index < -0.39 is 5.54 Å². The molecule has 0 radical (unpaired) electrons. The Hall–Kier alpha value is -2.93. The molecule has 0 saturated carbocycles. The lowest BCUT2D eigenvalue weighted by Crippen LogP contribution is -2.54. The molecule has 27 heavy (non-hydrogen) atoms. The molecular weight excluding hydrogens is 340 g/mol. The van der Waals surface area contributed by atoms with Gasteiger partial charge in [0.05, 0.1) is 6.54 Å². The van der Waals surface area contributed by atoms with Crippen LogP contribution in [0.15, 0.2) is 61.2 Å². The Morgan fingerprint density at radius 3 is 2.59 bits per heavy atom. The highest BCUT2D eigenvalue weighted by atomic mass is 16.2. The fraction of sp³-hybridized carbons (Fsp3) is 0.350. The number of piperidine rings is 1. The Kier molecular flexibility index (Phi) is 5.02. The number of carbonyl (C=O) groups excluding carboxylic acids is 1. The maximum absolute atomic E-state index is 13.1. The van der Waals surface area contributed by atoms with E-state index >= 15 is 0 Å². The Bertz CT molecular complexity index is 866. The van der Waals surface area contributed by atoms with Gasteiger partial charge in [-0.3, -0.25) is 14.2 Å². The molecule has 1 saturated heterocycles. The van der Waals surface area contributed by atoms with Gasteiger partial charge in [0.15, 0.2) is 0 Å². The van der Waals surface area contributed by atoms with Crippen molar-refractivity contribution in [3.8, 4) is 0 Å². The summed E-state index contributed by atoms with van der Waals surface area (Å²) in [6.07, 6.45) is 8.81. The summed E-state index contributed by atoms with van der Waals surface area (Å²) in [5.41, 5.74) is 1.63. The topological polar surface area (TPSA) is 76.8 Å². The summed E-state index contributed by atoms with van der Waals surface area (Å²) in [5.74, 6) is 0.0326. The highest BCUT2D eigenvalue weighted by molar-refractivity contribution is 5.84. The molecule has 140 valence electrons. The number of carbonyl (C=O) groups is 1. The van der Waals surface area contributed by atoms with Gasteiger partial charge in [-0.05, 0) is 49.2 Å². The third-order valence-electron chi connectivity index (χ3n) is 5.14. The minimum atomic E-state index is -0.610. The molecule has 3 aromatic rings. The average molecular weight is 364 g/mol. The Balaban J connectivity index is 1.45. The van der Waals surface area contributed by atoms with Gasteiger partial charge in [-0.15, -0.1) is 0 Å². The summed E-state index contributed by atoms with van der Waals surface area (Å²) in [7, 11) is 0. The highest BCUT2D eigenvalue weighted by Crippen LogP contribution is 2.27. The molecule has 1 aliphatic rings. The minimum absolute atomic E-state index is 0.0326. The lowest BCUT2D eigenvalue weighted by Gasteiger charge is -2.36. The van der Waals surface area contributed by atoms with Gasteiger partial charge in [0, 0.05) is 31.3 Å². The smallest absolute Gasteiger partial charge is 0.248 e. The van der Waals surface area contributed by atoms with E-state index in [9.17, 15) is 4.79 Å². The van der Waals surface area contributed by atoms with Crippen LogP contribution < -0.4 is 10.6 Å². The minimum Gasteiger partial charge on any atom is -0.350 e. The van der Waals surface area contributed by atoms with Crippen molar-refractivity contribution in [3.63, 3.8) is 0 Å². The number of nitrogens with zero attached hydrogens (tertiary/aromatic N) is 4. The first-order valence-corrected chi connectivity index (χ1v) is 9.31. The number of hydrogen-bond donors (Lipinski definition) is 2. The van der Waals surface area contributed by atoms with E-state index in [0.29, 0.717) is 6.54 Å². The van der Waals surface area contributed by atoms with Gasteiger partial charge < -0.3 is 10.6 Å². The molecule has 1 fully saturated rings. The van der Waals surface area contributed by atoms with Crippen molar-refractivity contribution in [2.24, 2.45) is 0 Å². The molecule has 7 heteroatoms. The molecule has 4 rings (SSSR count). The van der Waals surface area contributed by atoms with E-state index in [1.54, 1.807) is 12.4 Å². The van der Waals surface area contributed by atoms with Crippen LogP contribution in [0.5, 0.6) is 0 Å². The second kappa shape index (κ2) is 7.75. The molecule has 0 unspecified atom stereocenters. The summed E-state index contributed by atoms with van der Waals surface area (Å²) in [6.45, 7) is 2.85. The number of amides is 1. The van der Waals surface area contributed by atoms with Crippen LogP contribution in [0.3, 0.4) is 0 Å². The zero-order valence-corrected chi connectivity index (χ0v) is 15.2. The van der Waals surface area contributed by atoms with Crippen molar-refractivity contribution in [3.05, 3.63) is 72.3 Å². The molecule has 0 bridgehead atoms. The number of aromatic nitrogens is 4. The Labute approximate surface area is 158 Å². The van der Waals surface area contributed by atoms with E-state index in [0.717, 1.165) is 43.6 Å². The molecule has 0 aliphatic carbocycles. The van der Waals surface area contributed by atoms with Crippen LogP contribution in [0.2, 0.25) is 0 Å². The molecule has 7 nitrogen and oxygen atoms in total. The van der Waals surface area contributed by atoms with Crippen LogP contribution in [0, 0.1) is 0 Å². The molecule has 1 aliphatic heterocycles. The van der Waals surface area contributed by atoms with E-state index in [1.807, 2.05) is 46.0 Å². The first kappa shape index (κ1) is 17.5. The van der Waals surface area contributed by atoms with E-state index in [1.165, 1.54) is 0 Å². The van der Waals surface area contributed by atoms with Crippen LogP contribution >= 0.6 is 0 Å². The third kappa shape index (κ3) is 3.78. The Morgan fingerprint density at radius 1 is 1.07 bits per heavy atom. The van der Waals surface area contributed by atoms with Crippen molar-refractivity contribution >= 4 is 5.91 Å². The van der Waals surface area contributed by atoms with Gasteiger partial charge in [-0.1, -0.05) is 24.3 Å². The summed E-state index contributed by atoms with van der Waals surface area (Å²) >= 11 is 0. The van der Waals surface area contributed by atoms with Crippen molar-refractivity contribution in [2.45, 2.75) is 31.5 Å². The standard InChI is InChI=1S/C20H24N6O/c27-19(20(6-10-21-11-7-20)26-13-3-9-24-26)22-15-17-4-1-5-18(14-17)16-25-12-2-8-23-25/h1-5,8-9,12-14,21H,6-7,10-11,15-16H2,(H,22,27). The fourth-order valence-corrected chi connectivity index (χ4v) is 3.69. The monoisotopic (exact) mass is 364 g/mol. The first-order valence-electron chi connectivity index (χ1n) is 9.31. The number of benzene rings is 1. The van der Waals surface area contributed by atoms with Gasteiger partial charge in [0.2, 0.25) is 5.91 Å². The van der Waals surface area contributed by atoms with Crippen molar-refractivity contribution in [1.29, 1.82) is 0 Å². The lowest BCUT2D eigenvalue weighted by molar-refractivity contribution is -0.132. The maximum atomic E-state index is 13.1. The molecule has 2 N–H and O–H groups in total. The van der Waals surface area contributed by atoms with E-state index in [4.69, 9.17) is 0 Å². The van der Waals surface area contributed by atoms with E-state index in [-0.39, 0.29) is 5.91 Å². The molecule has 0 atom stereocenters. The molecule has 3 heterocycles. The van der Waals surface area contributed by atoms with Crippen molar-refractivity contribution < 1.29 is 4.79 Å². The first-order chi connectivity index (χ1) is 13.3. The molecule has 2 aromatic heterocycles. The fourth-order valence-electron chi connectivity index (χ4n) is 3.69. The quantitative estimate of drug-likeness (QED) is 0.695. The second-order valence-corrected chi connectivity index (χ2v) is 6.94. The molecular formula is C20H24N6O. The highest BCUT2D eigenvalue weighted by Gasteiger charge is 2.41. The lowest BCUT2D eigenvalue weighted by atomic mass is 9.87. The number of hydrogen-bond acceptors (Lipinski definition) is 4. The van der Waals surface area contributed by atoms with Crippen LogP contribution in [-0.2, 0) is 23.4 Å². The van der Waals surface area contributed by atoms with Crippen LogP contribution in [0.1, 0.15) is 24.0 Å². The summed E-state index contributed by atoms with van der Waals surface area (Å²) < 4.78 is 3.71. The predicted octanol–water partition coefficient (Wildman–Crippen LogP) is 1.52. The second-order valence-electron chi connectivity index (χ2n) is 6.94. The summed E-state index contributed by atoms with van der Waals surface area (Å²) in [5, 5.41) is 15.1. The van der Waals surface area contributed by atoms with Gasteiger partial charge in [-0.2, -0.15) is 10.2 Å². The predicted molar refractivity (Wildman–Crippen MR) is 102 cm³/mol. The van der Waals surface area contributed by atoms with E-state index in [2.05, 4.69) is 33.0 Å². The zero-order chi connectivity index (χ0) is 18.5. The molecule has 1 amide bonds. The third-order valence-corrected chi connectivity index (χ3v) is 5.14. The largest absolute Gasteiger partial charge is 0.350 e. The van der Waals surface area contributed by atoms with Crippen LogP contribution in [-0.4, -0.2) is 38.6 Å². The zero-order valence-electron chi connectivity index (χ0n) is 15.2. The van der Waals surface area contributed by atoms with Gasteiger partial charge in [0.1, 0.15) is 5.54 Å². The van der Waals surface area contributed by atoms with Crippen LogP contribution in [0.25, 0.3) is 0 Å². The van der Waals surface area contributed by atoms with Gasteiger partial charge >= 0.3 is 0 Å². The van der Waals surface area contributed by atoms with Crippen molar-refractivity contribution in [2.75, 3.05) is 13.1 Å². The average Bonchev–Trinajstić information content (AvgIpc) is 3.41. The normalized spacial score (nSPS) is 16.1. The molecule has 0 spiro atoms. The summed E-state index contributed by atoms with van der Waals surface area (Å²) in [4.78, 5) is 13.1. The van der Waals surface area contributed by atoms with Crippen LogP contribution in [0.4, 0.5) is 0 Å². The van der Waals surface area contributed by atoms with Crippen molar-refractivity contribution in [1.82, 2.24) is 30.2 Å². The molecule has 1 aromatic carbocycles. The SMILES string of the molecule is O=C(NCc1cccc(Cn2cccn2)c1)C1(n2cccn2)CCNCC1. The van der Waals surface area contributed by atoms with Gasteiger partial charge in [0.25, 0.3) is 0 Å².